The molecule has 8 heteroatoms. The van der Waals surface area contributed by atoms with Gasteiger partial charge in [0, 0.05) is 24.5 Å². The lowest BCUT2D eigenvalue weighted by molar-refractivity contribution is 0.424. The molecule has 0 saturated heterocycles. The van der Waals surface area contributed by atoms with Crippen LogP contribution in [0.25, 0.3) is 11.5 Å². The monoisotopic (exact) mass is 330 g/mol. The number of nitrogens with one attached hydrogen (secondary N) is 1. The van der Waals surface area contributed by atoms with Gasteiger partial charge in [0.1, 0.15) is 0 Å². The highest BCUT2D eigenvalue weighted by molar-refractivity contribution is 7.92. The zero-order valence-corrected chi connectivity index (χ0v) is 13.1. The Labute approximate surface area is 133 Å². The third kappa shape index (κ3) is 4.13. The molecule has 1 N–H and O–H groups in total. The molecule has 0 radical (unpaired) electrons. The van der Waals surface area contributed by atoms with Crippen molar-refractivity contribution in [2.45, 2.75) is 6.42 Å². The van der Waals surface area contributed by atoms with Gasteiger partial charge in [0.25, 0.3) is 5.89 Å². The van der Waals surface area contributed by atoms with Gasteiger partial charge in [-0.15, -0.1) is 0 Å². The predicted octanol–water partition coefficient (Wildman–Crippen LogP) is 2.09. The van der Waals surface area contributed by atoms with Crippen LogP contribution in [0.1, 0.15) is 11.4 Å². The molecule has 1 aromatic carbocycles. The summed E-state index contributed by atoms with van der Waals surface area (Å²) in [7, 11) is -3.27. The third-order valence-corrected chi connectivity index (χ3v) is 3.60. The molecule has 0 bridgehead atoms. The Kier molecular flexibility index (Phi) is 4.07. The van der Waals surface area contributed by atoms with E-state index in [0.717, 1.165) is 17.4 Å². The van der Waals surface area contributed by atoms with Gasteiger partial charge in [-0.25, -0.2) is 8.42 Å². The van der Waals surface area contributed by atoms with Crippen molar-refractivity contribution in [3.63, 3.8) is 0 Å². The SMILES string of the molecule is CS(=O)(=O)Nc1ccc(Cc2noc(-c3cccnc3)n2)cc1. The summed E-state index contributed by atoms with van der Waals surface area (Å²) in [6.45, 7) is 0. The zero-order chi connectivity index (χ0) is 16.3. The van der Waals surface area contributed by atoms with Gasteiger partial charge in [-0.05, 0) is 29.8 Å². The van der Waals surface area contributed by atoms with Crippen molar-refractivity contribution in [3.05, 3.63) is 60.2 Å². The van der Waals surface area contributed by atoms with Crippen LogP contribution in [0.5, 0.6) is 0 Å². The van der Waals surface area contributed by atoms with Crippen LogP contribution in [0, 0.1) is 0 Å². The van der Waals surface area contributed by atoms with Crippen LogP contribution in [0.15, 0.2) is 53.3 Å². The number of benzene rings is 1. The van der Waals surface area contributed by atoms with Crippen LogP contribution in [0.3, 0.4) is 0 Å². The van der Waals surface area contributed by atoms with E-state index in [2.05, 4.69) is 19.8 Å². The molecule has 2 aromatic heterocycles. The third-order valence-electron chi connectivity index (χ3n) is 3.00. The minimum Gasteiger partial charge on any atom is -0.334 e. The molecule has 0 aliphatic heterocycles. The van der Waals surface area contributed by atoms with Gasteiger partial charge in [-0.1, -0.05) is 17.3 Å². The summed E-state index contributed by atoms with van der Waals surface area (Å²) >= 11 is 0. The molecule has 2 heterocycles. The maximum atomic E-state index is 11.2. The maximum absolute atomic E-state index is 11.2. The highest BCUT2D eigenvalue weighted by atomic mass is 32.2. The molecule has 3 aromatic rings. The van der Waals surface area contributed by atoms with Crippen molar-refractivity contribution in [3.8, 4) is 11.5 Å². The van der Waals surface area contributed by atoms with E-state index in [1.807, 2.05) is 18.2 Å². The zero-order valence-electron chi connectivity index (χ0n) is 12.3. The van der Waals surface area contributed by atoms with Crippen LogP contribution in [-0.2, 0) is 16.4 Å². The molecule has 23 heavy (non-hydrogen) atoms. The summed E-state index contributed by atoms with van der Waals surface area (Å²) in [6.07, 6.45) is 4.93. The van der Waals surface area contributed by atoms with E-state index in [1.54, 1.807) is 30.6 Å². The van der Waals surface area contributed by atoms with Crippen LogP contribution in [-0.4, -0.2) is 29.8 Å². The van der Waals surface area contributed by atoms with Gasteiger partial charge >= 0.3 is 0 Å². The van der Waals surface area contributed by atoms with Crippen molar-refractivity contribution in [2.75, 3.05) is 11.0 Å². The van der Waals surface area contributed by atoms with E-state index in [4.69, 9.17) is 4.52 Å². The number of rotatable bonds is 5. The smallest absolute Gasteiger partial charge is 0.259 e. The van der Waals surface area contributed by atoms with Crippen LogP contribution in [0.4, 0.5) is 5.69 Å². The van der Waals surface area contributed by atoms with Gasteiger partial charge in [0.05, 0.1) is 11.8 Å². The quantitative estimate of drug-likeness (QED) is 0.769. The Morgan fingerprint density at radius 2 is 1.96 bits per heavy atom. The number of hydrogen-bond donors (Lipinski definition) is 1. The van der Waals surface area contributed by atoms with Crippen molar-refractivity contribution in [1.29, 1.82) is 0 Å². The van der Waals surface area contributed by atoms with E-state index in [9.17, 15) is 8.42 Å². The average Bonchev–Trinajstić information content (AvgIpc) is 2.97. The summed E-state index contributed by atoms with van der Waals surface area (Å²) in [5.41, 5.74) is 2.22. The van der Waals surface area contributed by atoms with Gasteiger partial charge in [-0.3, -0.25) is 9.71 Å². The normalized spacial score (nSPS) is 11.3. The molecule has 0 spiro atoms. The van der Waals surface area contributed by atoms with Crippen molar-refractivity contribution in [2.24, 2.45) is 0 Å². The standard InChI is InChI=1S/C15H14N4O3S/c1-23(20,21)19-13-6-4-11(5-7-13)9-14-17-15(22-18-14)12-3-2-8-16-10-12/h2-8,10,19H,9H2,1H3. The number of nitrogens with zero attached hydrogens (tertiary/aromatic N) is 3. The minimum atomic E-state index is -3.27. The summed E-state index contributed by atoms with van der Waals surface area (Å²) < 4.78 is 30.0. The van der Waals surface area contributed by atoms with E-state index in [0.29, 0.717) is 23.8 Å². The first-order chi connectivity index (χ1) is 11.0. The van der Waals surface area contributed by atoms with Crippen molar-refractivity contribution >= 4 is 15.7 Å². The first kappa shape index (κ1) is 15.2. The molecule has 7 nitrogen and oxygen atoms in total. The predicted molar refractivity (Wildman–Crippen MR) is 85.2 cm³/mol. The number of sulfonamides is 1. The van der Waals surface area contributed by atoms with Gasteiger partial charge < -0.3 is 4.52 Å². The number of hydrogen-bond acceptors (Lipinski definition) is 6. The largest absolute Gasteiger partial charge is 0.334 e. The Balaban J connectivity index is 1.72. The Bertz CT molecular complexity index is 890. The van der Waals surface area contributed by atoms with Gasteiger partial charge in [0.2, 0.25) is 10.0 Å². The topological polar surface area (TPSA) is 98.0 Å². The minimum absolute atomic E-state index is 0.420. The van der Waals surface area contributed by atoms with Crippen LogP contribution in [0.2, 0.25) is 0 Å². The van der Waals surface area contributed by atoms with Gasteiger partial charge in [-0.2, -0.15) is 4.98 Å². The number of aromatic nitrogens is 3. The van der Waals surface area contributed by atoms with Crippen LogP contribution >= 0.6 is 0 Å². The molecule has 3 rings (SSSR count). The second-order valence-electron chi connectivity index (χ2n) is 5.01. The highest BCUT2D eigenvalue weighted by Crippen LogP contribution is 2.17. The Hall–Kier alpha value is -2.74. The fraction of sp³-hybridized carbons (Fsp3) is 0.133. The summed E-state index contributed by atoms with van der Waals surface area (Å²) in [4.78, 5) is 8.34. The summed E-state index contributed by atoms with van der Waals surface area (Å²) in [5.74, 6) is 0.969. The fourth-order valence-electron chi connectivity index (χ4n) is 2.02. The molecule has 0 amide bonds. The molecule has 118 valence electrons. The first-order valence-electron chi connectivity index (χ1n) is 6.79. The lowest BCUT2D eigenvalue weighted by Gasteiger charge is -2.04. The second-order valence-corrected chi connectivity index (χ2v) is 6.75. The molecule has 0 unspecified atom stereocenters. The molecular weight excluding hydrogens is 316 g/mol. The van der Waals surface area contributed by atoms with Crippen molar-refractivity contribution in [1.82, 2.24) is 15.1 Å². The molecule has 0 aliphatic rings. The van der Waals surface area contributed by atoms with Gasteiger partial charge in [0.15, 0.2) is 5.82 Å². The maximum Gasteiger partial charge on any atom is 0.259 e. The van der Waals surface area contributed by atoms with E-state index in [-0.39, 0.29) is 0 Å². The highest BCUT2D eigenvalue weighted by Gasteiger charge is 2.09. The first-order valence-corrected chi connectivity index (χ1v) is 8.68. The van der Waals surface area contributed by atoms with Crippen LogP contribution < -0.4 is 4.72 Å². The molecule has 0 fully saturated rings. The molecule has 0 atom stereocenters. The molecule has 0 saturated carbocycles. The second kappa shape index (κ2) is 6.17. The average molecular weight is 330 g/mol. The summed E-state index contributed by atoms with van der Waals surface area (Å²) in [6, 6.07) is 10.7. The molecular formula is C15H14N4O3S. The molecule has 0 aliphatic carbocycles. The Morgan fingerprint density at radius 1 is 1.17 bits per heavy atom. The fourth-order valence-corrected chi connectivity index (χ4v) is 2.58. The lowest BCUT2D eigenvalue weighted by atomic mass is 10.1. The van der Waals surface area contributed by atoms with E-state index >= 15 is 0 Å². The number of pyridine rings is 1. The summed E-state index contributed by atoms with van der Waals surface area (Å²) in [5, 5.41) is 3.94. The Morgan fingerprint density at radius 3 is 2.61 bits per heavy atom. The van der Waals surface area contributed by atoms with Crippen molar-refractivity contribution < 1.29 is 12.9 Å². The van der Waals surface area contributed by atoms with E-state index in [1.165, 1.54) is 0 Å². The van der Waals surface area contributed by atoms with E-state index < -0.39 is 10.0 Å². The lowest BCUT2D eigenvalue weighted by Crippen LogP contribution is -2.09. The number of anilines is 1.